The maximum Gasteiger partial charge on any atom is 0.410 e. The minimum Gasteiger partial charge on any atom is -0.490 e. The van der Waals surface area contributed by atoms with Crippen molar-refractivity contribution in [2.45, 2.75) is 39.7 Å². The van der Waals surface area contributed by atoms with E-state index in [-0.39, 0.29) is 30.1 Å². The normalized spacial score (nSPS) is 13.6. The van der Waals surface area contributed by atoms with Gasteiger partial charge in [0.15, 0.2) is 17.5 Å². The molecule has 1 aliphatic heterocycles. The molecule has 0 bridgehead atoms. The lowest BCUT2D eigenvalue weighted by Gasteiger charge is -2.24. The fraction of sp³-hybridized carbons (Fsp3) is 0.600. The highest BCUT2D eigenvalue weighted by atomic mass is 127. The van der Waals surface area contributed by atoms with Crippen molar-refractivity contribution < 1.29 is 19.0 Å². The standard InChI is InChI=1S/C20H32N4O4.HI/c1-6-21-18(22-10-11-24(5)19(25)28-20(2,3)4)23-15-8-9-16-17(14-15)27-13-7-12-26-16;/h8-9,14H,6-7,10-13H2,1-5H3,(H2,21,22,23);1H. The second kappa shape index (κ2) is 11.9. The highest BCUT2D eigenvalue weighted by Crippen LogP contribution is 2.32. The summed E-state index contributed by atoms with van der Waals surface area (Å²) in [5, 5.41) is 6.46. The molecule has 0 radical (unpaired) electrons. The van der Waals surface area contributed by atoms with Crippen molar-refractivity contribution >= 4 is 41.7 Å². The molecule has 0 spiro atoms. The highest BCUT2D eigenvalue weighted by molar-refractivity contribution is 14.0. The number of guanidine groups is 1. The second-order valence-corrected chi connectivity index (χ2v) is 7.50. The van der Waals surface area contributed by atoms with E-state index in [1.807, 2.05) is 45.9 Å². The number of carbonyl (C=O) groups is 1. The van der Waals surface area contributed by atoms with Crippen LogP contribution in [0.15, 0.2) is 23.2 Å². The van der Waals surface area contributed by atoms with Crippen LogP contribution in [0.5, 0.6) is 11.5 Å². The number of nitrogens with one attached hydrogen (secondary N) is 2. The summed E-state index contributed by atoms with van der Waals surface area (Å²) in [4.78, 5) is 18.1. The fourth-order valence-electron chi connectivity index (χ4n) is 2.43. The number of fused-ring (bicyclic) bond motifs is 1. The molecule has 1 aromatic rings. The molecular formula is C20H33IN4O4. The average molecular weight is 520 g/mol. The first-order chi connectivity index (χ1) is 13.3. The topological polar surface area (TPSA) is 84.4 Å². The van der Waals surface area contributed by atoms with Crippen LogP contribution in [0.1, 0.15) is 34.1 Å². The van der Waals surface area contributed by atoms with Gasteiger partial charge in [-0.25, -0.2) is 4.79 Å². The van der Waals surface area contributed by atoms with Crippen LogP contribution in [0.2, 0.25) is 0 Å². The van der Waals surface area contributed by atoms with Gasteiger partial charge >= 0.3 is 6.09 Å². The van der Waals surface area contributed by atoms with E-state index in [0.29, 0.717) is 32.3 Å². The van der Waals surface area contributed by atoms with Crippen LogP contribution in [0, 0.1) is 0 Å². The molecule has 0 aromatic heterocycles. The van der Waals surface area contributed by atoms with Crippen LogP contribution in [0.4, 0.5) is 10.5 Å². The molecule has 1 aliphatic rings. The lowest BCUT2D eigenvalue weighted by molar-refractivity contribution is 0.0304. The summed E-state index contributed by atoms with van der Waals surface area (Å²) in [6, 6.07) is 5.72. The fourth-order valence-corrected chi connectivity index (χ4v) is 2.43. The molecule has 1 heterocycles. The van der Waals surface area contributed by atoms with Crippen LogP contribution in [0.25, 0.3) is 0 Å². The Morgan fingerprint density at radius 1 is 1.24 bits per heavy atom. The van der Waals surface area contributed by atoms with Crippen LogP contribution in [0.3, 0.4) is 0 Å². The Balaban J connectivity index is 0.00000420. The Morgan fingerprint density at radius 2 is 1.93 bits per heavy atom. The van der Waals surface area contributed by atoms with E-state index >= 15 is 0 Å². The molecular weight excluding hydrogens is 487 g/mol. The molecule has 0 saturated heterocycles. The van der Waals surface area contributed by atoms with E-state index in [1.165, 1.54) is 4.90 Å². The number of ether oxygens (including phenoxy) is 3. The minimum absolute atomic E-state index is 0. The van der Waals surface area contributed by atoms with Crippen LogP contribution < -0.4 is 20.1 Å². The predicted octanol–water partition coefficient (Wildman–Crippen LogP) is 3.71. The van der Waals surface area contributed by atoms with Gasteiger partial charge in [-0.05, 0) is 39.8 Å². The van der Waals surface area contributed by atoms with E-state index in [4.69, 9.17) is 14.2 Å². The molecule has 1 aromatic carbocycles. The Hall–Kier alpha value is -1.91. The zero-order chi connectivity index (χ0) is 20.6. The zero-order valence-corrected chi connectivity index (χ0v) is 20.2. The van der Waals surface area contributed by atoms with Crippen molar-refractivity contribution in [2.24, 2.45) is 4.99 Å². The van der Waals surface area contributed by atoms with E-state index in [0.717, 1.165) is 30.2 Å². The SMILES string of the molecule is CCNC(=NCCN(C)C(=O)OC(C)(C)C)Nc1ccc2c(c1)OCCCO2.I. The van der Waals surface area contributed by atoms with Gasteiger partial charge in [0.2, 0.25) is 0 Å². The molecule has 0 fully saturated rings. The first-order valence-corrected chi connectivity index (χ1v) is 9.67. The number of amides is 1. The number of benzene rings is 1. The smallest absolute Gasteiger partial charge is 0.410 e. The third kappa shape index (κ3) is 8.97. The predicted molar refractivity (Wildman–Crippen MR) is 126 cm³/mol. The summed E-state index contributed by atoms with van der Waals surface area (Å²) < 4.78 is 16.7. The number of anilines is 1. The van der Waals surface area contributed by atoms with Gasteiger partial charge in [-0.1, -0.05) is 0 Å². The van der Waals surface area contributed by atoms with Crippen LogP contribution in [-0.4, -0.2) is 62.4 Å². The molecule has 29 heavy (non-hydrogen) atoms. The lowest BCUT2D eigenvalue weighted by Crippen LogP contribution is -2.36. The summed E-state index contributed by atoms with van der Waals surface area (Å²) in [7, 11) is 1.70. The van der Waals surface area contributed by atoms with Crippen molar-refractivity contribution in [3.05, 3.63) is 18.2 Å². The van der Waals surface area contributed by atoms with Gasteiger partial charge in [0.1, 0.15) is 5.60 Å². The third-order valence-corrected chi connectivity index (χ3v) is 3.76. The quantitative estimate of drug-likeness (QED) is 0.350. The molecule has 8 nitrogen and oxygen atoms in total. The Bertz CT molecular complexity index is 692. The number of aliphatic imine (C=N–C) groups is 1. The summed E-state index contributed by atoms with van der Waals surface area (Å²) in [6.07, 6.45) is 0.510. The van der Waals surface area contributed by atoms with Gasteiger partial charge in [-0.2, -0.15) is 0 Å². The summed E-state index contributed by atoms with van der Waals surface area (Å²) in [5.74, 6) is 2.11. The molecule has 9 heteroatoms. The van der Waals surface area contributed by atoms with Crippen molar-refractivity contribution in [3.8, 4) is 11.5 Å². The number of nitrogens with zero attached hydrogens (tertiary/aromatic N) is 2. The summed E-state index contributed by atoms with van der Waals surface area (Å²) in [6.45, 7) is 10.5. The largest absolute Gasteiger partial charge is 0.490 e. The Kier molecular flexibility index (Phi) is 10.3. The number of carbonyl (C=O) groups excluding carboxylic acids is 1. The monoisotopic (exact) mass is 520 g/mol. The summed E-state index contributed by atoms with van der Waals surface area (Å²) >= 11 is 0. The van der Waals surface area contributed by atoms with Gasteiger partial charge in [-0.3, -0.25) is 4.99 Å². The van der Waals surface area contributed by atoms with E-state index in [9.17, 15) is 4.79 Å². The highest BCUT2D eigenvalue weighted by Gasteiger charge is 2.19. The molecule has 1 amide bonds. The lowest BCUT2D eigenvalue weighted by atomic mass is 10.2. The first kappa shape index (κ1) is 25.1. The number of hydrogen-bond acceptors (Lipinski definition) is 5. The number of hydrogen-bond donors (Lipinski definition) is 2. The van der Waals surface area contributed by atoms with E-state index < -0.39 is 5.60 Å². The van der Waals surface area contributed by atoms with E-state index in [1.54, 1.807) is 7.05 Å². The Labute approximate surface area is 190 Å². The van der Waals surface area contributed by atoms with Crippen LogP contribution >= 0.6 is 24.0 Å². The van der Waals surface area contributed by atoms with Crippen molar-refractivity contribution in [3.63, 3.8) is 0 Å². The molecule has 2 rings (SSSR count). The number of rotatable bonds is 5. The van der Waals surface area contributed by atoms with E-state index in [2.05, 4.69) is 15.6 Å². The van der Waals surface area contributed by atoms with Gasteiger partial charge in [0, 0.05) is 38.3 Å². The van der Waals surface area contributed by atoms with Gasteiger partial charge in [0.05, 0.1) is 19.8 Å². The molecule has 164 valence electrons. The maximum atomic E-state index is 12.0. The van der Waals surface area contributed by atoms with Gasteiger partial charge < -0.3 is 29.7 Å². The van der Waals surface area contributed by atoms with Gasteiger partial charge in [-0.15, -0.1) is 24.0 Å². The molecule has 0 atom stereocenters. The van der Waals surface area contributed by atoms with Crippen LogP contribution in [-0.2, 0) is 4.74 Å². The number of likely N-dealkylation sites (N-methyl/N-ethyl adjacent to an activating group) is 1. The van der Waals surface area contributed by atoms with Crippen molar-refractivity contribution in [1.82, 2.24) is 10.2 Å². The third-order valence-electron chi connectivity index (χ3n) is 3.76. The van der Waals surface area contributed by atoms with Gasteiger partial charge in [0.25, 0.3) is 0 Å². The van der Waals surface area contributed by atoms with Crippen molar-refractivity contribution in [1.29, 1.82) is 0 Å². The minimum atomic E-state index is -0.512. The Morgan fingerprint density at radius 3 is 2.59 bits per heavy atom. The molecule has 2 N–H and O–H groups in total. The average Bonchev–Trinajstić information content (AvgIpc) is 2.85. The second-order valence-electron chi connectivity index (χ2n) is 7.50. The van der Waals surface area contributed by atoms with Crippen molar-refractivity contribution in [2.75, 3.05) is 45.2 Å². The zero-order valence-electron chi connectivity index (χ0n) is 17.9. The maximum absolute atomic E-state index is 12.0. The molecule has 0 unspecified atom stereocenters. The first-order valence-electron chi connectivity index (χ1n) is 9.67. The summed E-state index contributed by atoms with van der Waals surface area (Å²) in [5.41, 5.74) is 0.340. The molecule has 0 saturated carbocycles. The molecule has 0 aliphatic carbocycles. The number of halogens is 1.